The summed E-state index contributed by atoms with van der Waals surface area (Å²) < 4.78 is 5.34. The van der Waals surface area contributed by atoms with E-state index in [1.165, 1.54) is 0 Å². The molecule has 6 nitrogen and oxygen atoms in total. The molecule has 0 saturated carbocycles. The third kappa shape index (κ3) is 6.06. The van der Waals surface area contributed by atoms with E-state index in [0.29, 0.717) is 30.5 Å². The van der Waals surface area contributed by atoms with Gasteiger partial charge in [0.05, 0.1) is 7.11 Å². The molecule has 0 aliphatic rings. The molecule has 2 rings (SSSR count). The van der Waals surface area contributed by atoms with Gasteiger partial charge in [-0.1, -0.05) is 32.0 Å². The number of nitrogens with zero attached hydrogens (tertiary/aromatic N) is 2. The molecule has 1 aromatic carbocycles. The first-order chi connectivity index (χ1) is 12.1. The van der Waals surface area contributed by atoms with E-state index in [1.54, 1.807) is 19.2 Å². The van der Waals surface area contributed by atoms with Gasteiger partial charge in [0, 0.05) is 13.1 Å². The molecule has 0 bridgehead atoms. The van der Waals surface area contributed by atoms with Gasteiger partial charge in [0.15, 0.2) is 5.69 Å². The number of ether oxygens (including phenoxy) is 1. The van der Waals surface area contributed by atoms with E-state index in [1.807, 2.05) is 24.3 Å². The van der Waals surface area contributed by atoms with Crippen molar-refractivity contribution in [1.82, 2.24) is 15.5 Å². The summed E-state index contributed by atoms with van der Waals surface area (Å²) in [6.07, 6.45) is 1.75. The Morgan fingerprint density at radius 3 is 2.60 bits per heavy atom. The molecule has 1 amide bonds. The van der Waals surface area contributed by atoms with Crippen molar-refractivity contribution in [1.29, 1.82) is 0 Å². The summed E-state index contributed by atoms with van der Waals surface area (Å²) in [7, 11) is 1.67. The van der Waals surface area contributed by atoms with Crippen LogP contribution in [0.4, 0.5) is 5.82 Å². The summed E-state index contributed by atoms with van der Waals surface area (Å²) in [5, 5.41) is 14.1. The minimum atomic E-state index is -0.186. The van der Waals surface area contributed by atoms with Gasteiger partial charge in [0.25, 0.3) is 5.91 Å². The highest BCUT2D eigenvalue weighted by Crippen LogP contribution is 2.17. The molecule has 0 fully saturated rings. The number of para-hydroxylation sites is 1. The summed E-state index contributed by atoms with van der Waals surface area (Å²) in [6, 6.07) is 11.4. The second-order valence-corrected chi connectivity index (χ2v) is 6.23. The van der Waals surface area contributed by atoms with Crippen LogP contribution in [0.1, 0.15) is 36.3 Å². The number of carbonyl (C=O) groups is 1. The molecule has 0 saturated heterocycles. The number of benzene rings is 1. The van der Waals surface area contributed by atoms with Gasteiger partial charge in [0.2, 0.25) is 0 Å². The summed E-state index contributed by atoms with van der Waals surface area (Å²) in [6.45, 7) is 5.60. The van der Waals surface area contributed by atoms with Crippen LogP contribution in [0.15, 0.2) is 36.4 Å². The fourth-order valence-electron chi connectivity index (χ4n) is 2.35. The van der Waals surface area contributed by atoms with Crippen LogP contribution in [0.3, 0.4) is 0 Å². The van der Waals surface area contributed by atoms with Crippen molar-refractivity contribution >= 4 is 11.7 Å². The van der Waals surface area contributed by atoms with Crippen molar-refractivity contribution in [2.24, 2.45) is 5.92 Å². The molecule has 0 spiro atoms. The highest BCUT2D eigenvalue weighted by molar-refractivity contribution is 5.92. The second kappa shape index (κ2) is 9.61. The molecule has 2 N–H and O–H groups in total. The van der Waals surface area contributed by atoms with Gasteiger partial charge < -0.3 is 15.4 Å². The molecule has 25 heavy (non-hydrogen) atoms. The largest absolute Gasteiger partial charge is 0.496 e. The van der Waals surface area contributed by atoms with Gasteiger partial charge in [0.1, 0.15) is 11.6 Å². The number of carbonyl (C=O) groups excluding carboxylic acids is 1. The maximum atomic E-state index is 12.0. The van der Waals surface area contributed by atoms with Crippen LogP contribution in [0.5, 0.6) is 5.75 Å². The fourth-order valence-corrected chi connectivity index (χ4v) is 2.35. The molecule has 0 atom stereocenters. The fraction of sp³-hybridized carbons (Fsp3) is 0.421. The molecule has 0 aliphatic carbocycles. The quantitative estimate of drug-likeness (QED) is 0.733. The van der Waals surface area contributed by atoms with Crippen molar-refractivity contribution < 1.29 is 9.53 Å². The SMILES string of the molecule is COc1ccccc1CCNc1ccc(C(=O)NCCC(C)C)nn1. The Morgan fingerprint density at radius 2 is 1.92 bits per heavy atom. The number of hydrogen-bond acceptors (Lipinski definition) is 5. The van der Waals surface area contributed by atoms with E-state index in [9.17, 15) is 4.79 Å². The lowest BCUT2D eigenvalue weighted by atomic mass is 10.1. The Balaban J connectivity index is 1.81. The van der Waals surface area contributed by atoms with Crippen LogP contribution in [0.2, 0.25) is 0 Å². The Morgan fingerprint density at radius 1 is 1.12 bits per heavy atom. The molecule has 0 aliphatic heterocycles. The topological polar surface area (TPSA) is 76.1 Å². The zero-order chi connectivity index (χ0) is 18.1. The predicted molar refractivity (Wildman–Crippen MR) is 99.0 cm³/mol. The van der Waals surface area contributed by atoms with Crippen molar-refractivity contribution in [2.75, 3.05) is 25.5 Å². The first-order valence-electron chi connectivity index (χ1n) is 8.58. The van der Waals surface area contributed by atoms with Gasteiger partial charge >= 0.3 is 0 Å². The van der Waals surface area contributed by atoms with Gasteiger partial charge in [-0.3, -0.25) is 4.79 Å². The van der Waals surface area contributed by atoms with Gasteiger partial charge in [-0.2, -0.15) is 0 Å². The number of rotatable bonds is 9. The van der Waals surface area contributed by atoms with Crippen LogP contribution in [0.25, 0.3) is 0 Å². The summed E-state index contributed by atoms with van der Waals surface area (Å²) in [4.78, 5) is 12.0. The molecule has 134 valence electrons. The standard InChI is InChI=1S/C19H26N4O2/c1-14(2)10-12-21-19(24)16-8-9-18(23-22-16)20-13-11-15-6-4-5-7-17(15)25-3/h4-9,14H,10-13H2,1-3H3,(H,20,23)(H,21,24). The second-order valence-electron chi connectivity index (χ2n) is 6.23. The summed E-state index contributed by atoms with van der Waals surface area (Å²) in [5.74, 6) is 1.90. The maximum Gasteiger partial charge on any atom is 0.271 e. The van der Waals surface area contributed by atoms with Crippen LogP contribution >= 0.6 is 0 Å². The number of methoxy groups -OCH3 is 1. The first-order valence-corrected chi connectivity index (χ1v) is 8.58. The van der Waals surface area contributed by atoms with Crippen molar-refractivity contribution in [3.8, 4) is 5.75 Å². The lowest BCUT2D eigenvalue weighted by Gasteiger charge is -2.09. The van der Waals surface area contributed by atoms with E-state index in [0.717, 1.165) is 24.2 Å². The van der Waals surface area contributed by atoms with Crippen molar-refractivity contribution in [2.45, 2.75) is 26.7 Å². The monoisotopic (exact) mass is 342 g/mol. The number of hydrogen-bond donors (Lipinski definition) is 2. The molecule has 2 aromatic rings. The third-order valence-electron chi connectivity index (χ3n) is 3.80. The van der Waals surface area contributed by atoms with Gasteiger partial charge in [-0.15, -0.1) is 10.2 Å². The zero-order valence-electron chi connectivity index (χ0n) is 15.1. The van der Waals surface area contributed by atoms with Crippen molar-refractivity contribution in [3.63, 3.8) is 0 Å². The average molecular weight is 342 g/mol. The third-order valence-corrected chi connectivity index (χ3v) is 3.80. The van der Waals surface area contributed by atoms with E-state index >= 15 is 0 Å². The molecule has 1 heterocycles. The minimum Gasteiger partial charge on any atom is -0.496 e. The number of amides is 1. The number of aromatic nitrogens is 2. The Kier molecular flexibility index (Phi) is 7.19. The van der Waals surface area contributed by atoms with Crippen LogP contribution < -0.4 is 15.4 Å². The van der Waals surface area contributed by atoms with Crippen LogP contribution in [0, 0.1) is 5.92 Å². The zero-order valence-corrected chi connectivity index (χ0v) is 15.1. The Bertz CT molecular complexity index is 671. The van der Waals surface area contributed by atoms with E-state index in [-0.39, 0.29) is 5.91 Å². The minimum absolute atomic E-state index is 0.186. The average Bonchev–Trinajstić information content (AvgIpc) is 2.62. The predicted octanol–water partition coefficient (Wildman–Crippen LogP) is 2.92. The molecule has 0 unspecified atom stereocenters. The maximum absolute atomic E-state index is 12.0. The first kappa shape index (κ1) is 18.7. The van der Waals surface area contributed by atoms with E-state index in [4.69, 9.17) is 4.74 Å². The normalized spacial score (nSPS) is 10.6. The molecule has 6 heteroatoms. The lowest BCUT2D eigenvalue weighted by molar-refractivity contribution is 0.0946. The van der Waals surface area contributed by atoms with Crippen LogP contribution in [-0.2, 0) is 6.42 Å². The van der Waals surface area contributed by atoms with E-state index in [2.05, 4.69) is 34.7 Å². The molecule has 1 aromatic heterocycles. The Labute approximate surface area is 149 Å². The highest BCUT2D eigenvalue weighted by Gasteiger charge is 2.08. The lowest BCUT2D eigenvalue weighted by Crippen LogP contribution is -2.26. The van der Waals surface area contributed by atoms with Crippen molar-refractivity contribution in [3.05, 3.63) is 47.7 Å². The highest BCUT2D eigenvalue weighted by atomic mass is 16.5. The molecular weight excluding hydrogens is 316 g/mol. The molecular formula is C19H26N4O2. The van der Waals surface area contributed by atoms with Gasteiger partial charge in [-0.25, -0.2) is 0 Å². The van der Waals surface area contributed by atoms with Crippen LogP contribution in [-0.4, -0.2) is 36.3 Å². The summed E-state index contributed by atoms with van der Waals surface area (Å²) >= 11 is 0. The summed E-state index contributed by atoms with van der Waals surface area (Å²) in [5.41, 5.74) is 1.46. The number of anilines is 1. The number of nitrogens with one attached hydrogen (secondary N) is 2. The Hall–Kier alpha value is -2.63. The smallest absolute Gasteiger partial charge is 0.271 e. The molecule has 0 radical (unpaired) electrons. The van der Waals surface area contributed by atoms with Gasteiger partial charge in [-0.05, 0) is 42.5 Å². The van der Waals surface area contributed by atoms with E-state index < -0.39 is 0 Å².